The molecule has 0 radical (unpaired) electrons. The van der Waals surface area contributed by atoms with Crippen LogP contribution in [0.15, 0.2) is 18.2 Å². The average molecular weight is 180 g/mol. The predicted octanol–water partition coefficient (Wildman–Crippen LogP) is 1.08. The molecule has 1 aromatic rings. The van der Waals surface area contributed by atoms with E-state index in [0.29, 0.717) is 12.8 Å². The van der Waals surface area contributed by atoms with Gasteiger partial charge in [0.1, 0.15) is 17.6 Å². The van der Waals surface area contributed by atoms with Crippen LogP contribution >= 0.6 is 0 Å². The molecule has 2 N–H and O–H groups in total. The summed E-state index contributed by atoms with van der Waals surface area (Å²) in [7, 11) is 0. The topological polar surface area (TPSA) is 49.7 Å². The molecule has 70 valence electrons. The normalized spacial score (nSPS) is 19.6. The highest BCUT2D eigenvalue weighted by atomic mass is 16.5. The van der Waals surface area contributed by atoms with E-state index in [0.717, 1.165) is 11.3 Å². The molecule has 1 aromatic carbocycles. The van der Waals surface area contributed by atoms with Gasteiger partial charge in [0.25, 0.3) is 0 Å². The van der Waals surface area contributed by atoms with E-state index in [1.165, 1.54) is 0 Å². The fraction of sp³-hybridized carbons (Fsp3) is 0.400. The van der Waals surface area contributed by atoms with Crippen LogP contribution in [0.1, 0.15) is 12.0 Å². The Hall–Kier alpha value is -1.22. The van der Waals surface area contributed by atoms with Crippen LogP contribution in [-0.2, 0) is 6.42 Å². The summed E-state index contributed by atoms with van der Waals surface area (Å²) in [5, 5.41) is 18.2. The summed E-state index contributed by atoms with van der Waals surface area (Å²) < 4.78 is 5.51. The molecule has 0 aliphatic carbocycles. The third kappa shape index (κ3) is 1.47. The molecule has 13 heavy (non-hydrogen) atoms. The number of hydrogen-bond acceptors (Lipinski definition) is 3. The van der Waals surface area contributed by atoms with E-state index >= 15 is 0 Å². The fourth-order valence-electron chi connectivity index (χ4n) is 1.62. The monoisotopic (exact) mass is 180 g/mol. The van der Waals surface area contributed by atoms with E-state index in [-0.39, 0.29) is 18.5 Å². The Labute approximate surface area is 76.6 Å². The van der Waals surface area contributed by atoms with Crippen molar-refractivity contribution in [3.63, 3.8) is 0 Å². The maximum absolute atomic E-state index is 9.47. The van der Waals surface area contributed by atoms with Crippen molar-refractivity contribution in [3.05, 3.63) is 23.8 Å². The molecule has 0 aromatic heterocycles. The van der Waals surface area contributed by atoms with E-state index < -0.39 is 0 Å². The third-order valence-corrected chi connectivity index (χ3v) is 2.28. The highest BCUT2D eigenvalue weighted by Gasteiger charge is 2.24. The summed E-state index contributed by atoms with van der Waals surface area (Å²) in [6, 6.07) is 5.26. The van der Waals surface area contributed by atoms with Gasteiger partial charge in [-0.15, -0.1) is 0 Å². The number of aromatic hydroxyl groups is 1. The van der Waals surface area contributed by atoms with Crippen LogP contribution in [0.4, 0.5) is 0 Å². The lowest BCUT2D eigenvalue weighted by Crippen LogP contribution is -2.14. The van der Waals surface area contributed by atoms with Gasteiger partial charge in [-0.3, -0.25) is 0 Å². The van der Waals surface area contributed by atoms with E-state index in [9.17, 15) is 5.11 Å². The van der Waals surface area contributed by atoms with Gasteiger partial charge in [-0.2, -0.15) is 0 Å². The standard InChI is InChI=1S/C10H12O3/c11-5-4-7-6-8-9(12)2-1-3-10(8)13-7/h1-3,7,11-12H,4-6H2. The van der Waals surface area contributed by atoms with Gasteiger partial charge in [0.2, 0.25) is 0 Å². The fourth-order valence-corrected chi connectivity index (χ4v) is 1.62. The molecule has 1 atom stereocenters. The Morgan fingerprint density at radius 2 is 2.31 bits per heavy atom. The van der Waals surface area contributed by atoms with Gasteiger partial charge in [-0.25, -0.2) is 0 Å². The summed E-state index contributed by atoms with van der Waals surface area (Å²) in [4.78, 5) is 0. The molecule has 1 aliphatic heterocycles. The van der Waals surface area contributed by atoms with Gasteiger partial charge in [0, 0.05) is 25.0 Å². The van der Waals surface area contributed by atoms with E-state index in [4.69, 9.17) is 9.84 Å². The zero-order valence-electron chi connectivity index (χ0n) is 7.23. The molecule has 3 heteroatoms. The second-order valence-electron chi connectivity index (χ2n) is 3.21. The van der Waals surface area contributed by atoms with Crippen LogP contribution in [0.3, 0.4) is 0 Å². The van der Waals surface area contributed by atoms with Crippen LogP contribution in [0.5, 0.6) is 11.5 Å². The number of aliphatic hydroxyl groups excluding tert-OH is 1. The largest absolute Gasteiger partial charge is 0.508 e. The molecule has 1 unspecified atom stereocenters. The molecule has 1 heterocycles. The number of benzene rings is 1. The lowest BCUT2D eigenvalue weighted by molar-refractivity contribution is 0.175. The van der Waals surface area contributed by atoms with Crippen molar-refractivity contribution < 1.29 is 14.9 Å². The molecular weight excluding hydrogens is 168 g/mol. The van der Waals surface area contributed by atoms with Gasteiger partial charge in [-0.05, 0) is 12.1 Å². The average Bonchev–Trinajstić information content (AvgIpc) is 2.49. The summed E-state index contributed by atoms with van der Waals surface area (Å²) in [5.74, 6) is 1.04. The van der Waals surface area contributed by atoms with Crippen molar-refractivity contribution in [2.75, 3.05) is 6.61 Å². The minimum atomic E-state index is 0.0216. The Balaban J connectivity index is 2.20. The molecule has 0 fully saturated rings. The molecule has 0 saturated carbocycles. The Morgan fingerprint density at radius 1 is 1.46 bits per heavy atom. The van der Waals surface area contributed by atoms with Crippen LogP contribution in [0.2, 0.25) is 0 Å². The second-order valence-corrected chi connectivity index (χ2v) is 3.21. The SMILES string of the molecule is OCCC1Cc2c(O)cccc2O1. The van der Waals surface area contributed by atoms with Crippen LogP contribution in [0.25, 0.3) is 0 Å². The molecule has 0 saturated heterocycles. The van der Waals surface area contributed by atoms with E-state index in [1.807, 2.05) is 6.07 Å². The first-order valence-corrected chi connectivity index (χ1v) is 4.39. The molecule has 3 nitrogen and oxygen atoms in total. The number of hydrogen-bond donors (Lipinski definition) is 2. The van der Waals surface area contributed by atoms with Crippen LogP contribution in [0, 0.1) is 0 Å². The molecule has 2 rings (SSSR count). The number of ether oxygens (including phenoxy) is 1. The Kier molecular flexibility index (Phi) is 2.10. The van der Waals surface area contributed by atoms with E-state index in [2.05, 4.69) is 0 Å². The predicted molar refractivity (Wildman–Crippen MR) is 47.9 cm³/mol. The smallest absolute Gasteiger partial charge is 0.126 e. The number of phenols is 1. The minimum absolute atomic E-state index is 0.0216. The quantitative estimate of drug-likeness (QED) is 0.716. The van der Waals surface area contributed by atoms with Crippen LogP contribution in [-0.4, -0.2) is 22.9 Å². The number of phenolic OH excluding ortho intramolecular Hbond substituents is 1. The summed E-state index contributed by atoms with van der Waals surface area (Å²) in [6.45, 7) is 0.124. The van der Waals surface area contributed by atoms with Gasteiger partial charge < -0.3 is 14.9 Å². The summed E-state index contributed by atoms with van der Waals surface area (Å²) >= 11 is 0. The molecule has 0 bridgehead atoms. The zero-order valence-corrected chi connectivity index (χ0v) is 7.23. The van der Waals surface area contributed by atoms with Crippen LogP contribution < -0.4 is 4.74 Å². The first kappa shape index (κ1) is 8.38. The highest BCUT2D eigenvalue weighted by molar-refractivity contribution is 5.46. The summed E-state index contributed by atoms with van der Waals surface area (Å²) in [5.41, 5.74) is 0.862. The minimum Gasteiger partial charge on any atom is -0.508 e. The van der Waals surface area contributed by atoms with Crippen molar-refractivity contribution in [3.8, 4) is 11.5 Å². The van der Waals surface area contributed by atoms with Crippen molar-refractivity contribution >= 4 is 0 Å². The van der Waals surface area contributed by atoms with Gasteiger partial charge in [0.05, 0.1) is 0 Å². The lowest BCUT2D eigenvalue weighted by atomic mass is 10.1. The Morgan fingerprint density at radius 3 is 3.00 bits per heavy atom. The van der Waals surface area contributed by atoms with E-state index in [1.54, 1.807) is 12.1 Å². The molecule has 0 spiro atoms. The van der Waals surface area contributed by atoms with Crippen molar-refractivity contribution in [1.82, 2.24) is 0 Å². The Bertz CT molecular complexity index is 309. The van der Waals surface area contributed by atoms with Gasteiger partial charge >= 0.3 is 0 Å². The number of aliphatic hydroxyl groups is 1. The van der Waals surface area contributed by atoms with Crippen molar-refractivity contribution in [2.45, 2.75) is 18.9 Å². The summed E-state index contributed by atoms with van der Waals surface area (Å²) in [6.07, 6.45) is 1.34. The number of fused-ring (bicyclic) bond motifs is 1. The molecular formula is C10H12O3. The maximum atomic E-state index is 9.47. The number of rotatable bonds is 2. The van der Waals surface area contributed by atoms with Gasteiger partial charge in [0.15, 0.2) is 0 Å². The van der Waals surface area contributed by atoms with Gasteiger partial charge in [-0.1, -0.05) is 6.07 Å². The molecule has 1 aliphatic rings. The maximum Gasteiger partial charge on any atom is 0.126 e. The van der Waals surface area contributed by atoms with Crippen molar-refractivity contribution in [1.29, 1.82) is 0 Å². The first-order valence-electron chi connectivity index (χ1n) is 4.39. The molecule has 0 amide bonds. The second kappa shape index (κ2) is 3.26. The van der Waals surface area contributed by atoms with Crippen molar-refractivity contribution in [2.24, 2.45) is 0 Å². The first-order chi connectivity index (χ1) is 6.31. The highest BCUT2D eigenvalue weighted by Crippen LogP contribution is 2.35. The third-order valence-electron chi connectivity index (χ3n) is 2.28. The zero-order chi connectivity index (χ0) is 9.26. The lowest BCUT2D eigenvalue weighted by Gasteiger charge is -2.07.